The third-order valence-corrected chi connectivity index (χ3v) is 11.4. The molecule has 2 aromatic heterocycles. The zero-order valence-corrected chi connectivity index (χ0v) is 36.6. The summed E-state index contributed by atoms with van der Waals surface area (Å²) >= 11 is 0. The van der Waals surface area contributed by atoms with Crippen LogP contribution < -0.4 is 30.7 Å². The van der Waals surface area contributed by atoms with Crippen molar-refractivity contribution in [3.05, 3.63) is 106 Å². The van der Waals surface area contributed by atoms with E-state index < -0.39 is 35.0 Å². The lowest BCUT2D eigenvalue weighted by Gasteiger charge is -2.26. The first-order valence-corrected chi connectivity index (χ1v) is 20.9. The molecule has 2 atom stereocenters. The van der Waals surface area contributed by atoms with Gasteiger partial charge in [-0.3, -0.25) is 29.8 Å². The number of benzene rings is 4. The molecular formula is C46H40N12O10. The molecule has 4 aliphatic rings. The summed E-state index contributed by atoms with van der Waals surface area (Å²) in [7, 11) is 4.65. The van der Waals surface area contributed by atoms with Crippen LogP contribution in [0.15, 0.2) is 72.8 Å². The molecule has 22 nitrogen and oxygen atoms in total. The van der Waals surface area contributed by atoms with Gasteiger partial charge in [0.05, 0.1) is 46.0 Å². The predicted octanol–water partition coefficient (Wildman–Crippen LogP) is 1.20. The van der Waals surface area contributed by atoms with Gasteiger partial charge in [0.25, 0.3) is 23.6 Å². The van der Waals surface area contributed by atoms with Crippen LogP contribution in [0.2, 0.25) is 0 Å². The summed E-state index contributed by atoms with van der Waals surface area (Å²) < 4.78 is 22.5. The lowest BCUT2D eigenvalue weighted by Crippen LogP contribution is -2.54. The van der Waals surface area contributed by atoms with Crippen molar-refractivity contribution >= 4 is 57.8 Å². The van der Waals surface area contributed by atoms with Crippen molar-refractivity contribution in [1.29, 1.82) is 0 Å². The monoisotopic (exact) mass is 920 g/mol. The topological polar surface area (TPSA) is 266 Å². The Morgan fingerprint density at radius 3 is 1.71 bits per heavy atom. The zero-order chi connectivity index (χ0) is 47.6. The fourth-order valence-corrected chi connectivity index (χ4v) is 7.94. The molecule has 10 rings (SSSR count). The van der Waals surface area contributed by atoms with Crippen molar-refractivity contribution in [2.75, 3.05) is 47.6 Å². The molecular weight excluding hydrogens is 881 g/mol. The van der Waals surface area contributed by atoms with Gasteiger partial charge in [-0.2, -0.15) is 15.4 Å². The summed E-state index contributed by atoms with van der Waals surface area (Å²) in [6, 6.07) is 19.7. The number of nitrogens with zero attached hydrogens (tertiary/aromatic N) is 7. The van der Waals surface area contributed by atoms with Gasteiger partial charge in [0, 0.05) is 42.5 Å². The second kappa shape index (κ2) is 18.2. The number of amides is 8. The van der Waals surface area contributed by atoms with Gasteiger partial charge in [-0.05, 0) is 71.8 Å². The highest BCUT2D eigenvalue weighted by atomic mass is 16.5. The molecule has 68 heavy (non-hydrogen) atoms. The zero-order valence-electron chi connectivity index (χ0n) is 36.6. The summed E-state index contributed by atoms with van der Waals surface area (Å²) in [5, 5.41) is 28.4. The maximum absolute atomic E-state index is 13.1. The molecule has 2 fully saturated rings. The number of carbonyl (C=O) groups excluding carboxylic acids is 6. The lowest BCUT2D eigenvalue weighted by molar-refractivity contribution is -0.123. The average molecular weight is 921 g/mol. The molecule has 8 amide bonds. The number of aromatic nitrogens is 6. The predicted molar refractivity (Wildman–Crippen MR) is 237 cm³/mol. The Balaban J connectivity index is 0.000000172. The van der Waals surface area contributed by atoms with Gasteiger partial charge in [-0.1, -0.05) is 41.0 Å². The number of carbonyl (C=O) groups is 6. The van der Waals surface area contributed by atoms with Gasteiger partial charge in [0.15, 0.2) is 0 Å². The summed E-state index contributed by atoms with van der Waals surface area (Å²) in [5.41, 5.74) is 3.24. The van der Waals surface area contributed by atoms with E-state index in [2.05, 4.69) is 70.7 Å². The minimum atomic E-state index is -1.61. The molecule has 2 saturated heterocycles. The Labute approximate surface area is 385 Å². The molecule has 0 spiro atoms. The number of hydrogen-bond donors (Lipinski definition) is 5. The van der Waals surface area contributed by atoms with Gasteiger partial charge in [-0.15, -0.1) is 5.10 Å². The van der Waals surface area contributed by atoms with Gasteiger partial charge >= 0.3 is 12.1 Å². The minimum Gasteiger partial charge on any atom is -0.497 e. The second-order valence-electron chi connectivity index (χ2n) is 15.8. The summed E-state index contributed by atoms with van der Waals surface area (Å²) in [4.78, 5) is 78.5. The number of H-pyrrole nitrogens is 1. The van der Waals surface area contributed by atoms with Gasteiger partial charge < -0.3 is 39.4 Å². The van der Waals surface area contributed by atoms with E-state index in [4.69, 9.17) is 18.9 Å². The smallest absolute Gasteiger partial charge is 0.323 e. The van der Waals surface area contributed by atoms with Crippen LogP contribution in [-0.4, -0.2) is 135 Å². The van der Waals surface area contributed by atoms with E-state index in [0.29, 0.717) is 70.1 Å². The number of fused-ring (bicyclic) bond motifs is 4. The molecule has 4 aliphatic heterocycles. The van der Waals surface area contributed by atoms with E-state index in [1.165, 1.54) is 24.0 Å². The van der Waals surface area contributed by atoms with E-state index >= 15 is 0 Å². The first kappa shape index (κ1) is 44.3. The third-order valence-electron chi connectivity index (χ3n) is 11.4. The number of nitrogens with one attached hydrogen (secondary N) is 5. The number of methoxy groups -OCH3 is 3. The average Bonchev–Trinajstić information content (AvgIpc) is 4.20. The summed E-state index contributed by atoms with van der Waals surface area (Å²) in [5.74, 6) is 11.0. The molecule has 4 aromatic carbocycles. The van der Waals surface area contributed by atoms with Crippen molar-refractivity contribution < 1.29 is 47.7 Å². The van der Waals surface area contributed by atoms with Crippen LogP contribution in [0, 0.1) is 23.7 Å². The summed E-state index contributed by atoms with van der Waals surface area (Å²) in [6.07, 6.45) is 0. The Hall–Kier alpha value is -8.86. The molecule has 5 N–H and O–H groups in total. The molecule has 22 heteroatoms. The van der Waals surface area contributed by atoms with Crippen LogP contribution in [0.1, 0.15) is 43.0 Å². The van der Waals surface area contributed by atoms with Gasteiger partial charge in [0.2, 0.25) is 11.1 Å². The van der Waals surface area contributed by atoms with Crippen LogP contribution >= 0.6 is 0 Å². The molecule has 6 aromatic rings. The van der Waals surface area contributed by atoms with E-state index in [0.717, 1.165) is 16.6 Å². The van der Waals surface area contributed by atoms with E-state index in [-0.39, 0.29) is 38.2 Å². The van der Waals surface area contributed by atoms with Gasteiger partial charge in [0.1, 0.15) is 34.8 Å². The van der Waals surface area contributed by atoms with Crippen molar-refractivity contribution in [3.63, 3.8) is 0 Å². The van der Waals surface area contributed by atoms with Crippen molar-refractivity contribution in [3.8, 4) is 35.2 Å². The molecule has 0 radical (unpaired) electrons. The number of aromatic amines is 1. The number of hydrogen-bond acceptors (Lipinski definition) is 14. The molecule has 344 valence electrons. The Morgan fingerprint density at radius 2 is 1.18 bits per heavy atom. The highest BCUT2D eigenvalue weighted by molar-refractivity contribution is 6.11. The minimum absolute atomic E-state index is 0.0976. The van der Waals surface area contributed by atoms with E-state index in [1.807, 2.05) is 12.1 Å². The van der Waals surface area contributed by atoms with Crippen molar-refractivity contribution in [2.24, 2.45) is 0 Å². The summed E-state index contributed by atoms with van der Waals surface area (Å²) in [6.45, 7) is 1.49. The number of ether oxygens (including phenoxy) is 4. The fraction of sp³-hybridized carbons (Fsp3) is 0.261. The maximum Gasteiger partial charge on any atom is 0.323 e. The highest BCUT2D eigenvalue weighted by Gasteiger charge is 2.49. The molecule has 0 unspecified atom stereocenters. The van der Waals surface area contributed by atoms with Gasteiger partial charge in [-0.25, -0.2) is 14.3 Å². The molecule has 0 aliphatic carbocycles. The Kier molecular flexibility index (Phi) is 11.9. The Bertz CT molecular complexity index is 3200. The van der Waals surface area contributed by atoms with Crippen LogP contribution in [0.4, 0.5) is 9.59 Å². The molecule has 0 bridgehead atoms. The van der Waals surface area contributed by atoms with Crippen LogP contribution in [0.5, 0.6) is 11.5 Å². The first-order valence-electron chi connectivity index (χ1n) is 20.9. The lowest BCUT2D eigenvalue weighted by atomic mass is 9.99. The first-order chi connectivity index (χ1) is 32.9. The van der Waals surface area contributed by atoms with Crippen molar-refractivity contribution in [2.45, 2.75) is 30.9 Å². The van der Waals surface area contributed by atoms with Crippen LogP contribution in [-0.2, 0) is 38.9 Å². The SMILES string of the molecule is COCCOCn1nnc2cc(C#C[C@]3(CN4Cc5ccc(OC)cc5C4=O)NC(=O)NC3=O)ccc21.COc1ccc2c(c1)C(=O)N(C[C@@]1(C#Cc3ccc4n[nH]nc4c3)NC(=O)NC1=O)C2. The van der Waals surface area contributed by atoms with Crippen LogP contribution in [0.25, 0.3) is 22.1 Å². The second-order valence-corrected chi connectivity index (χ2v) is 15.8. The maximum atomic E-state index is 13.1. The number of urea groups is 2. The van der Waals surface area contributed by atoms with Crippen molar-refractivity contribution in [1.82, 2.24) is 61.5 Å². The van der Waals surface area contributed by atoms with E-state index in [9.17, 15) is 28.8 Å². The largest absolute Gasteiger partial charge is 0.497 e. The quantitative estimate of drug-likeness (QED) is 0.0695. The number of rotatable bonds is 11. The molecule has 0 saturated carbocycles. The van der Waals surface area contributed by atoms with E-state index in [1.54, 1.807) is 72.5 Å². The Morgan fingerprint density at radius 1 is 0.632 bits per heavy atom. The molecule has 6 heterocycles. The normalized spacial score (nSPS) is 19.0. The third kappa shape index (κ3) is 8.67. The standard InChI is InChI=1S/C25H24N6O6.C21H16N6O4/c1-35-9-10-37-15-31-21-6-3-16(11-20(21)28-29-31)7-8-25(23(33)26-24(34)27-25)14-30-13-17-4-5-18(36-2)12-19(17)22(30)32;1-31-14-4-3-13-10-27(18(28)15(13)9-14)11-21(19(29)22-20(30)23-21)7-6-12-2-5-16-17(8-12)25-26-24-16/h3-6,11-12H,9-10,13-15H2,1-2H3,(H2,26,27,33,34);2-5,8-9H,10-11H2,1H3,(H,24,25,26)(H2,22,23,29,30)/t25-;21-/m11/s1. The number of imide groups is 2. The highest BCUT2D eigenvalue weighted by Crippen LogP contribution is 2.30. The van der Waals surface area contributed by atoms with Crippen LogP contribution in [0.3, 0.4) is 0 Å². The fourth-order valence-electron chi connectivity index (χ4n) is 7.94.